The number of aromatic nitrogens is 1. The van der Waals surface area contributed by atoms with E-state index in [1.54, 1.807) is 81.2 Å². The van der Waals surface area contributed by atoms with Crippen molar-refractivity contribution < 1.29 is 23.8 Å². The van der Waals surface area contributed by atoms with Gasteiger partial charge in [-0.3, -0.25) is 19.5 Å². The second kappa shape index (κ2) is 9.44. The standard InChI is InChI=1S/C25H23N3O5/c1-31-18-6-4-17(5-7-18)22-23(27-20-9-8-19(32-2)14-21(20)33-3)25(30)28(24(22)29)15-16-10-12-26-13-11-16/h4-14,27H,15H2,1-3H3. The van der Waals surface area contributed by atoms with Crippen molar-refractivity contribution in [1.82, 2.24) is 9.88 Å². The number of anilines is 1. The molecule has 0 saturated heterocycles. The first-order valence-corrected chi connectivity index (χ1v) is 10.2. The molecule has 1 N–H and O–H groups in total. The lowest BCUT2D eigenvalue weighted by atomic mass is 10.0. The Labute approximate surface area is 191 Å². The van der Waals surface area contributed by atoms with Gasteiger partial charge in [0.2, 0.25) is 0 Å². The van der Waals surface area contributed by atoms with Crippen LogP contribution in [0.4, 0.5) is 5.69 Å². The van der Waals surface area contributed by atoms with Crippen molar-refractivity contribution >= 4 is 23.1 Å². The third kappa shape index (κ3) is 4.36. The van der Waals surface area contributed by atoms with Gasteiger partial charge in [-0.15, -0.1) is 0 Å². The molecule has 0 saturated carbocycles. The average molecular weight is 445 g/mol. The van der Waals surface area contributed by atoms with E-state index in [4.69, 9.17) is 14.2 Å². The van der Waals surface area contributed by atoms with E-state index in [1.807, 2.05) is 0 Å². The number of amides is 2. The minimum absolute atomic E-state index is 0.130. The number of ether oxygens (including phenoxy) is 3. The van der Waals surface area contributed by atoms with Gasteiger partial charge in [0.05, 0.1) is 39.1 Å². The minimum Gasteiger partial charge on any atom is -0.497 e. The molecular formula is C25H23N3O5. The van der Waals surface area contributed by atoms with Gasteiger partial charge in [0.1, 0.15) is 22.9 Å². The SMILES string of the molecule is COc1ccc(C2=C(Nc3ccc(OC)cc3OC)C(=O)N(Cc3ccncc3)C2=O)cc1. The van der Waals surface area contributed by atoms with Gasteiger partial charge in [-0.25, -0.2) is 0 Å². The van der Waals surface area contributed by atoms with Gasteiger partial charge in [0, 0.05) is 18.5 Å². The highest BCUT2D eigenvalue weighted by molar-refractivity contribution is 6.36. The Hall–Kier alpha value is -4.33. The molecule has 2 amide bonds. The molecular weight excluding hydrogens is 422 g/mol. The van der Waals surface area contributed by atoms with E-state index in [2.05, 4.69) is 10.3 Å². The van der Waals surface area contributed by atoms with Gasteiger partial charge in [-0.2, -0.15) is 0 Å². The zero-order valence-electron chi connectivity index (χ0n) is 18.5. The predicted molar refractivity (Wildman–Crippen MR) is 123 cm³/mol. The molecule has 8 nitrogen and oxygen atoms in total. The van der Waals surface area contributed by atoms with Crippen LogP contribution in [0.25, 0.3) is 5.57 Å². The monoisotopic (exact) mass is 445 g/mol. The molecule has 4 rings (SSSR count). The van der Waals surface area contributed by atoms with Crippen LogP contribution < -0.4 is 19.5 Å². The fraction of sp³-hybridized carbons (Fsp3) is 0.160. The lowest BCUT2D eigenvalue weighted by Gasteiger charge is -2.16. The normalized spacial score (nSPS) is 13.4. The first-order valence-electron chi connectivity index (χ1n) is 10.2. The van der Waals surface area contributed by atoms with Gasteiger partial charge in [0.25, 0.3) is 11.8 Å². The van der Waals surface area contributed by atoms with Crippen molar-refractivity contribution in [3.63, 3.8) is 0 Å². The van der Waals surface area contributed by atoms with E-state index in [-0.39, 0.29) is 17.8 Å². The Balaban J connectivity index is 1.76. The molecule has 0 bridgehead atoms. The number of pyridine rings is 1. The van der Waals surface area contributed by atoms with Gasteiger partial charge >= 0.3 is 0 Å². The molecule has 1 aliphatic rings. The molecule has 33 heavy (non-hydrogen) atoms. The van der Waals surface area contributed by atoms with E-state index in [1.165, 1.54) is 12.0 Å². The zero-order valence-corrected chi connectivity index (χ0v) is 18.5. The van der Waals surface area contributed by atoms with Crippen LogP contribution in [0.1, 0.15) is 11.1 Å². The molecule has 2 aromatic carbocycles. The average Bonchev–Trinajstić information content (AvgIpc) is 3.09. The number of carbonyl (C=O) groups is 2. The molecule has 3 aromatic rings. The third-order valence-electron chi connectivity index (χ3n) is 5.31. The Morgan fingerprint density at radius 2 is 1.48 bits per heavy atom. The summed E-state index contributed by atoms with van der Waals surface area (Å²) < 4.78 is 15.9. The van der Waals surface area contributed by atoms with Crippen LogP contribution in [0, 0.1) is 0 Å². The van der Waals surface area contributed by atoms with Gasteiger partial charge < -0.3 is 19.5 Å². The molecule has 0 atom stereocenters. The smallest absolute Gasteiger partial charge is 0.278 e. The first kappa shape index (κ1) is 21.9. The van der Waals surface area contributed by atoms with Crippen molar-refractivity contribution in [2.75, 3.05) is 26.6 Å². The second-order valence-corrected chi connectivity index (χ2v) is 7.22. The van der Waals surface area contributed by atoms with E-state index in [0.29, 0.717) is 28.5 Å². The van der Waals surface area contributed by atoms with Crippen molar-refractivity contribution in [2.45, 2.75) is 6.54 Å². The quantitative estimate of drug-likeness (QED) is 0.531. The first-order chi connectivity index (χ1) is 16.0. The van der Waals surface area contributed by atoms with E-state index < -0.39 is 11.8 Å². The number of methoxy groups -OCH3 is 3. The van der Waals surface area contributed by atoms with Gasteiger partial charge in [-0.05, 0) is 47.5 Å². The lowest BCUT2D eigenvalue weighted by molar-refractivity contribution is -0.137. The molecule has 8 heteroatoms. The van der Waals surface area contributed by atoms with E-state index >= 15 is 0 Å². The van der Waals surface area contributed by atoms with Crippen molar-refractivity contribution in [2.24, 2.45) is 0 Å². The highest BCUT2D eigenvalue weighted by atomic mass is 16.5. The van der Waals surface area contributed by atoms with Crippen molar-refractivity contribution in [1.29, 1.82) is 0 Å². The fourth-order valence-corrected chi connectivity index (χ4v) is 3.57. The summed E-state index contributed by atoms with van der Waals surface area (Å²) >= 11 is 0. The molecule has 0 unspecified atom stereocenters. The number of hydrogen-bond donors (Lipinski definition) is 1. The van der Waals surface area contributed by atoms with Crippen LogP contribution in [0.2, 0.25) is 0 Å². The predicted octanol–water partition coefficient (Wildman–Crippen LogP) is 3.50. The van der Waals surface area contributed by atoms with Crippen molar-refractivity contribution in [3.05, 3.63) is 83.8 Å². The number of nitrogens with one attached hydrogen (secondary N) is 1. The summed E-state index contributed by atoms with van der Waals surface area (Å²) in [5.74, 6) is 0.909. The zero-order chi connectivity index (χ0) is 23.4. The van der Waals surface area contributed by atoms with Crippen LogP contribution >= 0.6 is 0 Å². The number of rotatable bonds is 8. The molecule has 1 aromatic heterocycles. The number of carbonyl (C=O) groups excluding carboxylic acids is 2. The number of benzene rings is 2. The van der Waals surface area contributed by atoms with E-state index in [9.17, 15) is 9.59 Å². The molecule has 168 valence electrons. The summed E-state index contributed by atoms with van der Waals surface area (Å²) in [5, 5.41) is 3.13. The van der Waals surface area contributed by atoms with Crippen LogP contribution in [0.3, 0.4) is 0 Å². The maximum absolute atomic E-state index is 13.4. The maximum Gasteiger partial charge on any atom is 0.278 e. The Kier molecular flexibility index (Phi) is 6.26. The Bertz CT molecular complexity index is 1210. The summed E-state index contributed by atoms with van der Waals surface area (Å²) in [7, 11) is 4.65. The molecule has 0 aliphatic carbocycles. The number of imide groups is 1. The number of hydrogen-bond acceptors (Lipinski definition) is 7. The van der Waals surface area contributed by atoms with Crippen LogP contribution in [0.15, 0.2) is 72.7 Å². The highest BCUT2D eigenvalue weighted by Crippen LogP contribution is 2.36. The maximum atomic E-state index is 13.4. The van der Waals surface area contributed by atoms with Crippen LogP contribution in [0.5, 0.6) is 17.2 Å². The molecule has 0 fully saturated rings. The van der Waals surface area contributed by atoms with E-state index in [0.717, 1.165) is 5.56 Å². The van der Waals surface area contributed by atoms with Crippen LogP contribution in [-0.2, 0) is 16.1 Å². The largest absolute Gasteiger partial charge is 0.497 e. The molecule has 2 heterocycles. The summed E-state index contributed by atoms with van der Waals surface area (Å²) in [6.45, 7) is 0.130. The number of nitrogens with zero attached hydrogens (tertiary/aromatic N) is 2. The lowest BCUT2D eigenvalue weighted by Crippen LogP contribution is -2.32. The Morgan fingerprint density at radius 3 is 2.12 bits per heavy atom. The molecule has 0 spiro atoms. The van der Waals surface area contributed by atoms with Gasteiger partial charge in [-0.1, -0.05) is 12.1 Å². The summed E-state index contributed by atoms with van der Waals surface area (Å²) in [6.07, 6.45) is 3.25. The molecule has 0 radical (unpaired) electrons. The topological polar surface area (TPSA) is 90.0 Å². The Morgan fingerprint density at radius 1 is 0.818 bits per heavy atom. The van der Waals surface area contributed by atoms with Gasteiger partial charge in [0.15, 0.2) is 0 Å². The summed E-state index contributed by atoms with van der Waals surface area (Å²) in [5.41, 5.74) is 2.37. The third-order valence-corrected chi connectivity index (χ3v) is 5.31. The van der Waals surface area contributed by atoms with Crippen molar-refractivity contribution in [3.8, 4) is 17.2 Å². The highest BCUT2D eigenvalue weighted by Gasteiger charge is 2.39. The summed E-state index contributed by atoms with van der Waals surface area (Å²) in [6, 6.07) is 15.7. The molecule has 1 aliphatic heterocycles. The van der Waals surface area contributed by atoms with Crippen LogP contribution in [-0.4, -0.2) is 43.0 Å². The fourth-order valence-electron chi connectivity index (χ4n) is 3.57. The second-order valence-electron chi connectivity index (χ2n) is 7.22. The summed E-state index contributed by atoms with van der Waals surface area (Å²) in [4.78, 5) is 32.1. The minimum atomic E-state index is -0.430.